The molecule has 1 aliphatic carbocycles. The number of carbonyl (C=O) groups is 1. The average Bonchev–Trinajstić information content (AvgIpc) is 3.40. The van der Waals surface area contributed by atoms with E-state index in [4.69, 9.17) is 21.1 Å². The Balaban J connectivity index is 1.35. The van der Waals surface area contributed by atoms with Gasteiger partial charge in [0.1, 0.15) is 5.78 Å². The summed E-state index contributed by atoms with van der Waals surface area (Å²) in [5.41, 5.74) is 3.25. The van der Waals surface area contributed by atoms with Crippen molar-refractivity contribution >= 4 is 17.4 Å². The van der Waals surface area contributed by atoms with Gasteiger partial charge in [-0.1, -0.05) is 41.9 Å². The minimum absolute atomic E-state index is 0.198. The Morgan fingerprint density at radius 1 is 1.04 bits per heavy atom. The molecule has 1 saturated carbocycles. The minimum Gasteiger partial charge on any atom is -0.454 e. The predicted molar refractivity (Wildman–Crippen MR) is 107 cm³/mol. The summed E-state index contributed by atoms with van der Waals surface area (Å²) >= 11 is 6.26. The molecule has 28 heavy (non-hydrogen) atoms. The molecular weight excluding hydrogens is 374 g/mol. The number of aromatic nitrogens is 1. The van der Waals surface area contributed by atoms with Gasteiger partial charge < -0.3 is 9.47 Å². The Labute approximate surface area is 168 Å². The van der Waals surface area contributed by atoms with Gasteiger partial charge >= 0.3 is 0 Å². The molecule has 0 bridgehead atoms. The molecule has 1 fully saturated rings. The van der Waals surface area contributed by atoms with E-state index in [1.807, 2.05) is 54.6 Å². The number of fused-ring (bicyclic) bond motifs is 1. The summed E-state index contributed by atoms with van der Waals surface area (Å²) < 4.78 is 10.8. The lowest BCUT2D eigenvalue weighted by molar-refractivity contribution is -0.120. The molecule has 0 atom stereocenters. The highest BCUT2D eigenvalue weighted by atomic mass is 35.5. The van der Waals surface area contributed by atoms with Gasteiger partial charge in [0.2, 0.25) is 6.79 Å². The Morgan fingerprint density at radius 3 is 2.61 bits per heavy atom. The lowest BCUT2D eigenvalue weighted by atomic mass is 9.88. The van der Waals surface area contributed by atoms with Crippen LogP contribution in [0.3, 0.4) is 0 Å². The van der Waals surface area contributed by atoms with Crippen molar-refractivity contribution in [1.82, 2.24) is 4.98 Å². The number of pyridine rings is 1. The third-order valence-electron chi connectivity index (χ3n) is 5.56. The van der Waals surface area contributed by atoms with Crippen LogP contribution in [0.15, 0.2) is 60.8 Å². The summed E-state index contributed by atoms with van der Waals surface area (Å²) in [6.45, 7) is 0.238. The SMILES string of the molecule is O=C(Cc1ccc(-c2ccccc2Cl)cn1)C1(c2ccc3c(c2)OCO3)CC1. The van der Waals surface area contributed by atoms with Gasteiger partial charge in [-0.05, 0) is 42.7 Å². The summed E-state index contributed by atoms with van der Waals surface area (Å²) in [6, 6.07) is 17.4. The van der Waals surface area contributed by atoms with Gasteiger partial charge in [0.25, 0.3) is 0 Å². The lowest BCUT2D eigenvalue weighted by Crippen LogP contribution is -2.22. The van der Waals surface area contributed by atoms with Crippen molar-refractivity contribution in [2.75, 3.05) is 6.79 Å². The second kappa shape index (κ2) is 6.64. The van der Waals surface area contributed by atoms with Crippen LogP contribution in [0.4, 0.5) is 0 Å². The van der Waals surface area contributed by atoms with Crippen molar-refractivity contribution in [3.8, 4) is 22.6 Å². The normalized spacial score (nSPS) is 16.0. The van der Waals surface area contributed by atoms with Crippen molar-refractivity contribution in [3.05, 3.63) is 77.1 Å². The third-order valence-corrected chi connectivity index (χ3v) is 5.89. The number of nitrogens with zero attached hydrogens (tertiary/aromatic N) is 1. The molecule has 0 spiro atoms. The number of ketones is 1. The molecular formula is C23H18ClNO3. The molecule has 0 amide bonds. The first-order valence-electron chi connectivity index (χ1n) is 9.29. The van der Waals surface area contributed by atoms with E-state index >= 15 is 0 Å². The van der Waals surface area contributed by atoms with E-state index < -0.39 is 5.41 Å². The van der Waals surface area contributed by atoms with Crippen molar-refractivity contribution < 1.29 is 14.3 Å². The largest absolute Gasteiger partial charge is 0.454 e. The van der Waals surface area contributed by atoms with Crippen molar-refractivity contribution in [2.45, 2.75) is 24.7 Å². The smallest absolute Gasteiger partial charge is 0.231 e. The van der Waals surface area contributed by atoms with Crippen LogP contribution in [-0.4, -0.2) is 17.6 Å². The summed E-state index contributed by atoms with van der Waals surface area (Å²) in [4.78, 5) is 17.6. The van der Waals surface area contributed by atoms with E-state index in [-0.39, 0.29) is 12.6 Å². The summed E-state index contributed by atoms with van der Waals surface area (Å²) in [5.74, 6) is 1.66. The third kappa shape index (κ3) is 2.94. The summed E-state index contributed by atoms with van der Waals surface area (Å²) in [5, 5.41) is 0.688. The van der Waals surface area contributed by atoms with Crippen LogP contribution >= 0.6 is 11.6 Å². The number of hydrogen-bond donors (Lipinski definition) is 0. The molecule has 4 nitrogen and oxygen atoms in total. The van der Waals surface area contributed by atoms with Crippen molar-refractivity contribution in [3.63, 3.8) is 0 Å². The topological polar surface area (TPSA) is 48.4 Å². The lowest BCUT2D eigenvalue weighted by Gasteiger charge is -2.15. The number of rotatable bonds is 5. The number of Topliss-reactive ketones (excluding diaryl/α,β-unsaturated/α-hetero) is 1. The molecule has 0 N–H and O–H groups in total. The van der Waals surface area contributed by atoms with E-state index in [0.29, 0.717) is 11.4 Å². The zero-order chi connectivity index (χ0) is 19.1. The van der Waals surface area contributed by atoms with E-state index in [0.717, 1.165) is 46.7 Å². The van der Waals surface area contributed by atoms with Gasteiger partial charge in [0.15, 0.2) is 11.5 Å². The predicted octanol–water partition coefficient (Wildman–Crippen LogP) is 4.97. The molecule has 0 unspecified atom stereocenters. The van der Waals surface area contributed by atoms with Crippen LogP contribution in [0.5, 0.6) is 11.5 Å². The van der Waals surface area contributed by atoms with Crippen LogP contribution in [0.25, 0.3) is 11.1 Å². The molecule has 1 aliphatic heterocycles. The van der Waals surface area contributed by atoms with Crippen LogP contribution in [-0.2, 0) is 16.6 Å². The van der Waals surface area contributed by atoms with Crippen LogP contribution in [0, 0.1) is 0 Å². The zero-order valence-electron chi connectivity index (χ0n) is 15.2. The quantitative estimate of drug-likeness (QED) is 0.615. The molecule has 2 aliphatic rings. The second-order valence-corrected chi connectivity index (χ2v) is 7.68. The van der Waals surface area contributed by atoms with Crippen LogP contribution in [0.2, 0.25) is 5.02 Å². The van der Waals surface area contributed by atoms with Gasteiger partial charge in [-0.15, -0.1) is 0 Å². The molecule has 5 rings (SSSR count). The van der Waals surface area contributed by atoms with Crippen LogP contribution < -0.4 is 9.47 Å². The Bertz CT molecular complexity index is 1060. The Kier molecular flexibility index (Phi) is 4.09. The number of carbonyl (C=O) groups excluding carboxylic acids is 1. The Hall–Kier alpha value is -2.85. The maximum absolute atomic E-state index is 13.1. The molecule has 140 valence electrons. The maximum Gasteiger partial charge on any atom is 0.231 e. The number of ether oxygens (including phenoxy) is 2. The van der Waals surface area contributed by atoms with Gasteiger partial charge in [-0.3, -0.25) is 9.78 Å². The Morgan fingerprint density at radius 2 is 1.86 bits per heavy atom. The van der Waals surface area contributed by atoms with E-state index in [1.54, 1.807) is 6.20 Å². The molecule has 2 aromatic carbocycles. The fourth-order valence-corrected chi connectivity index (χ4v) is 4.01. The standard InChI is InChI=1S/C23H18ClNO3/c24-19-4-2-1-3-18(19)15-5-7-17(25-13-15)12-22(26)23(9-10-23)16-6-8-20-21(11-16)28-14-27-20/h1-8,11,13H,9-10,12,14H2. The van der Waals surface area contributed by atoms with E-state index in [2.05, 4.69) is 4.98 Å². The molecule has 5 heteroatoms. The second-order valence-electron chi connectivity index (χ2n) is 7.27. The van der Waals surface area contributed by atoms with Gasteiger partial charge in [-0.2, -0.15) is 0 Å². The molecule has 0 saturated heterocycles. The summed E-state index contributed by atoms with van der Waals surface area (Å²) in [6.07, 6.45) is 3.83. The van der Waals surface area contributed by atoms with Crippen molar-refractivity contribution in [1.29, 1.82) is 0 Å². The number of benzene rings is 2. The van der Waals surface area contributed by atoms with Gasteiger partial charge in [0.05, 0.1) is 5.41 Å². The van der Waals surface area contributed by atoms with Gasteiger partial charge in [0, 0.05) is 34.5 Å². The highest BCUT2D eigenvalue weighted by Crippen LogP contribution is 2.51. The fraction of sp³-hybridized carbons (Fsp3) is 0.217. The molecule has 3 aromatic rings. The number of hydrogen-bond acceptors (Lipinski definition) is 4. The zero-order valence-corrected chi connectivity index (χ0v) is 15.9. The maximum atomic E-state index is 13.1. The highest BCUT2D eigenvalue weighted by Gasteiger charge is 2.50. The molecule has 2 heterocycles. The van der Waals surface area contributed by atoms with Gasteiger partial charge in [-0.25, -0.2) is 0 Å². The van der Waals surface area contributed by atoms with Crippen LogP contribution in [0.1, 0.15) is 24.1 Å². The number of halogens is 1. The average molecular weight is 392 g/mol. The first-order valence-corrected chi connectivity index (χ1v) is 9.67. The summed E-state index contributed by atoms with van der Waals surface area (Å²) in [7, 11) is 0. The first kappa shape index (κ1) is 17.3. The fourth-order valence-electron chi connectivity index (χ4n) is 3.77. The minimum atomic E-state index is -0.413. The molecule has 0 radical (unpaired) electrons. The monoisotopic (exact) mass is 391 g/mol. The van der Waals surface area contributed by atoms with E-state index in [1.165, 1.54) is 0 Å². The van der Waals surface area contributed by atoms with E-state index in [9.17, 15) is 4.79 Å². The molecule has 1 aromatic heterocycles. The highest BCUT2D eigenvalue weighted by molar-refractivity contribution is 6.33. The van der Waals surface area contributed by atoms with Crippen molar-refractivity contribution in [2.24, 2.45) is 0 Å². The first-order chi connectivity index (χ1) is 13.7.